The molecule has 0 aliphatic carbocycles. The van der Waals surface area contributed by atoms with Crippen LogP contribution < -0.4 is 22.1 Å². The van der Waals surface area contributed by atoms with Crippen molar-refractivity contribution in [3.05, 3.63) is 54.4 Å². The summed E-state index contributed by atoms with van der Waals surface area (Å²) in [7, 11) is 0. The van der Waals surface area contributed by atoms with Crippen LogP contribution in [0.3, 0.4) is 0 Å². The molecule has 10 heteroatoms. The van der Waals surface area contributed by atoms with E-state index < -0.39 is 11.7 Å². The number of amides is 1. The minimum Gasteiger partial charge on any atom is -0.365 e. The number of nitrogens with two attached hydrogens (primary N) is 2. The lowest BCUT2D eigenvalue weighted by Crippen LogP contribution is -2.38. The molecule has 0 aromatic carbocycles. The summed E-state index contributed by atoms with van der Waals surface area (Å²) in [6.45, 7) is 3.93. The molecule has 2 atom stereocenters. The van der Waals surface area contributed by atoms with Gasteiger partial charge in [-0.2, -0.15) is 5.10 Å². The van der Waals surface area contributed by atoms with Crippen molar-refractivity contribution in [3.8, 4) is 5.69 Å². The summed E-state index contributed by atoms with van der Waals surface area (Å²) in [5.74, 6) is -1.35. The summed E-state index contributed by atoms with van der Waals surface area (Å²) in [4.78, 5) is 20.4. The van der Waals surface area contributed by atoms with Gasteiger partial charge >= 0.3 is 0 Å². The monoisotopic (exact) mass is 426 g/mol. The van der Waals surface area contributed by atoms with E-state index in [1.165, 1.54) is 0 Å². The number of anilines is 3. The molecule has 0 aliphatic rings. The smallest absolute Gasteiger partial charge is 0.252 e. The number of unbranched alkanes of at least 4 members (excludes halogenated alkanes) is 1. The second-order valence-electron chi connectivity index (χ2n) is 7.34. The molecule has 0 saturated heterocycles. The largest absolute Gasteiger partial charge is 0.365 e. The zero-order valence-corrected chi connectivity index (χ0v) is 17.5. The Hall–Kier alpha value is -3.53. The number of pyridine rings is 2. The minimum atomic E-state index is -0.800. The van der Waals surface area contributed by atoms with Gasteiger partial charge in [0.05, 0.1) is 29.3 Å². The highest BCUT2D eigenvalue weighted by Gasteiger charge is 2.20. The third-order valence-electron chi connectivity index (χ3n) is 4.82. The number of carbonyl (C=O) groups is 1. The van der Waals surface area contributed by atoms with Crippen molar-refractivity contribution in [2.75, 3.05) is 10.6 Å². The highest BCUT2D eigenvalue weighted by Crippen LogP contribution is 2.25. The molecule has 0 saturated carbocycles. The molecular formula is C21H27FN8O. The lowest BCUT2D eigenvalue weighted by Gasteiger charge is -2.23. The maximum Gasteiger partial charge on any atom is 0.252 e. The van der Waals surface area contributed by atoms with Crippen molar-refractivity contribution < 1.29 is 9.18 Å². The predicted octanol–water partition coefficient (Wildman–Crippen LogP) is 2.96. The lowest BCUT2D eigenvalue weighted by atomic mass is 10.0. The third kappa shape index (κ3) is 5.54. The number of nitrogens with one attached hydrogen (secondary N) is 2. The van der Waals surface area contributed by atoms with Gasteiger partial charge in [-0.1, -0.05) is 19.8 Å². The van der Waals surface area contributed by atoms with Crippen LogP contribution in [0.4, 0.5) is 21.7 Å². The number of primary amides is 1. The van der Waals surface area contributed by atoms with E-state index in [1.54, 1.807) is 41.6 Å². The molecule has 3 rings (SSSR count). The van der Waals surface area contributed by atoms with E-state index in [0.717, 1.165) is 25.3 Å². The fraction of sp³-hybridized carbons (Fsp3) is 0.333. The molecule has 31 heavy (non-hydrogen) atoms. The summed E-state index contributed by atoms with van der Waals surface area (Å²) in [6, 6.07) is 4.25. The first kappa shape index (κ1) is 22.2. The molecule has 164 valence electrons. The molecule has 3 aromatic rings. The van der Waals surface area contributed by atoms with Crippen LogP contribution in [-0.2, 0) is 0 Å². The Morgan fingerprint density at radius 3 is 2.74 bits per heavy atom. The second kappa shape index (κ2) is 9.98. The molecule has 0 spiro atoms. The van der Waals surface area contributed by atoms with Crippen LogP contribution in [0.5, 0.6) is 0 Å². The van der Waals surface area contributed by atoms with Crippen LogP contribution in [0.2, 0.25) is 0 Å². The highest BCUT2D eigenvalue weighted by molar-refractivity contribution is 5.98. The fourth-order valence-corrected chi connectivity index (χ4v) is 3.12. The Labute approximate surface area is 180 Å². The van der Waals surface area contributed by atoms with Gasteiger partial charge in [-0.15, -0.1) is 0 Å². The minimum absolute atomic E-state index is 0.00194. The van der Waals surface area contributed by atoms with Crippen LogP contribution in [0, 0.1) is 5.82 Å². The number of carbonyl (C=O) groups excluding carboxylic acids is 1. The first-order chi connectivity index (χ1) is 14.9. The molecule has 0 radical (unpaired) electrons. The SMILES string of the molecule is CCCC[C@@H](Nc1nc(Nc2cncc(-n3cccn3)c2)c(C(N)=O)cc1F)[C@H](C)N. The van der Waals surface area contributed by atoms with Crippen molar-refractivity contribution in [1.82, 2.24) is 19.7 Å². The molecular weight excluding hydrogens is 399 g/mol. The molecule has 3 heterocycles. The Bertz CT molecular complexity index is 1020. The van der Waals surface area contributed by atoms with E-state index in [9.17, 15) is 9.18 Å². The van der Waals surface area contributed by atoms with Gasteiger partial charge in [-0.3, -0.25) is 9.78 Å². The van der Waals surface area contributed by atoms with Gasteiger partial charge in [0.2, 0.25) is 0 Å². The van der Waals surface area contributed by atoms with Gasteiger partial charge in [0.25, 0.3) is 5.91 Å². The Morgan fingerprint density at radius 2 is 2.10 bits per heavy atom. The van der Waals surface area contributed by atoms with Gasteiger partial charge in [-0.25, -0.2) is 14.1 Å². The zero-order valence-electron chi connectivity index (χ0n) is 17.5. The summed E-state index contributed by atoms with van der Waals surface area (Å²) in [5.41, 5.74) is 12.7. The van der Waals surface area contributed by atoms with E-state index in [1.807, 2.05) is 6.92 Å². The van der Waals surface area contributed by atoms with Gasteiger partial charge in [-0.05, 0) is 31.5 Å². The molecule has 9 nitrogen and oxygen atoms in total. The number of hydrogen-bond acceptors (Lipinski definition) is 7. The first-order valence-corrected chi connectivity index (χ1v) is 10.1. The molecule has 0 bridgehead atoms. The van der Waals surface area contributed by atoms with Crippen molar-refractivity contribution in [2.45, 2.75) is 45.2 Å². The molecule has 6 N–H and O–H groups in total. The average Bonchev–Trinajstić information content (AvgIpc) is 3.27. The number of rotatable bonds is 10. The van der Waals surface area contributed by atoms with Crippen LogP contribution in [0.15, 0.2) is 43.0 Å². The quantitative estimate of drug-likeness (QED) is 0.391. The maximum absolute atomic E-state index is 14.7. The maximum atomic E-state index is 14.7. The van der Waals surface area contributed by atoms with E-state index >= 15 is 0 Å². The fourth-order valence-electron chi connectivity index (χ4n) is 3.12. The Kier molecular flexibility index (Phi) is 7.14. The summed E-state index contributed by atoms with van der Waals surface area (Å²) >= 11 is 0. The summed E-state index contributed by atoms with van der Waals surface area (Å²) in [5, 5.41) is 10.3. The standard InChI is InChI=1S/C21H27FN8O/c1-3-4-6-18(13(2)23)28-21-17(22)10-16(19(24)31)20(29-21)27-14-9-15(12-25-11-14)30-8-5-7-26-30/h5,7-13,18H,3-4,6,23H2,1-2H3,(H2,24,31)(H2,27,28,29)/t13-,18+/m0/s1. The number of nitrogens with zero attached hydrogens (tertiary/aromatic N) is 4. The van der Waals surface area contributed by atoms with Crippen molar-refractivity contribution >= 4 is 23.2 Å². The van der Waals surface area contributed by atoms with Crippen molar-refractivity contribution in [2.24, 2.45) is 11.5 Å². The number of hydrogen-bond donors (Lipinski definition) is 4. The topological polar surface area (TPSA) is 137 Å². The van der Waals surface area contributed by atoms with Crippen LogP contribution in [0.1, 0.15) is 43.5 Å². The van der Waals surface area contributed by atoms with E-state index in [-0.39, 0.29) is 29.3 Å². The van der Waals surface area contributed by atoms with Gasteiger partial charge in [0.1, 0.15) is 5.82 Å². The zero-order chi connectivity index (χ0) is 22.4. The van der Waals surface area contributed by atoms with Crippen molar-refractivity contribution in [3.63, 3.8) is 0 Å². The highest BCUT2D eigenvalue weighted by atomic mass is 19.1. The Balaban J connectivity index is 1.92. The average molecular weight is 427 g/mol. The van der Waals surface area contributed by atoms with Crippen LogP contribution in [0.25, 0.3) is 5.69 Å². The van der Waals surface area contributed by atoms with E-state index in [4.69, 9.17) is 11.5 Å². The molecule has 0 fully saturated rings. The van der Waals surface area contributed by atoms with Gasteiger partial charge in [0.15, 0.2) is 11.6 Å². The summed E-state index contributed by atoms with van der Waals surface area (Å²) in [6.07, 6.45) is 9.33. The van der Waals surface area contributed by atoms with Crippen LogP contribution in [-0.4, -0.2) is 37.7 Å². The molecule has 0 aliphatic heterocycles. The number of aromatic nitrogens is 4. The first-order valence-electron chi connectivity index (χ1n) is 10.1. The van der Waals surface area contributed by atoms with Gasteiger partial charge in [0, 0.05) is 24.5 Å². The second-order valence-corrected chi connectivity index (χ2v) is 7.34. The van der Waals surface area contributed by atoms with E-state index in [0.29, 0.717) is 11.4 Å². The van der Waals surface area contributed by atoms with Gasteiger partial charge < -0.3 is 22.1 Å². The van der Waals surface area contributed by atoms with Crippen molar-refractivity contribution in [1.29, 1.82) is 0 Å². The molecule has 0 unspecified atom stereocenters. The number of halogens is 1. The normalized spacial score (nSPS) is 12.9. The molecule has 1 amide bonds. The third-order valence-corrected chi connectivity index (χ3v) is 4.82. The molecule has 3 aromatic heterocycles. The Morgan fingerprint density at radius 1 is 1.29 bits per heavy atom. The predicted molar refractivity (Wildman–Crippen MR) is 118 cm³/mol. The summed E-state index contributed by atoms with van der Waals surface area (Å²) < 4.78 is 16.3. The van der Waals surface area contributed by atoms with Crippen LogP contribution >= 0.6 is 0 Å². The van der Waals surface area contributed by atoms with E-state index in [2.05, 4.69) is 32.6 Å². The lowest BCUT2D eigenvalue weighted by molar-refractivity contribution is 0.100.